The van der Waals surface area contributed by atoms with Crippen molar-refractivity contribution in [3.05, 3.63) is 18.3 Å². The minimum absolute atomic E-state index is 0.163. The summed E-state index contributed by atoms with van der Waals surface area (Å²) in [6.45, 7) is 2.52. The van der Waals surface area contributed by atoms with Crippen LogP contribution in [-0.2, 0) is 10.0 Å². The Kier molecular flexibility index (Phi) is 4.70. The number of pyridine rings is 1. The molecule has 0 bridgehead atoms. The van der Waals surface area contributed by atoms with E-state index in [1.165, 1.54) is 18.3 Å². The molecule has 1 aromatic heterocycles. The van der Waals surface area contributed by atoms with Crippen LogP contribution in [0, 0.1) is 0 Å². The van der Waals surface area contributed by atoms with Crippen molar-refractivity contribution in [1.29, 1.82) is 0 Å². The van der Waals surface area contributed by atoms with Gasteiger partial charge in [-0.1, -0.05) is 19.8 Å². The second kappa shape index (κ2) is 5.81. The van der Waals surface area contributed by atoms with Crippen molar-refractivity contribution < 1.29 is 8.42 Å². The first-order chi connectivity index (χ1) is 7.56. The third kappa shape index (κ3) is 3.79. The standard InChI is InChI=1S/C10H17N3O2S/c1-2-3-4-6-13-16(14,15)9-5-7-12-10(11)8-9/h5,7-8,13H,2-4,6H2,1H3,(H2,11,12). The minimum Gasteiger partial charge on any atom is -0.384 e. The number of sulfonamides is 1. The molecule has 0 aromatic carbocycles. The van der Waals surface area contributed by atoms with Crippen molar-refractivity contribution in [2.75, 3.05) is 12.3 Å². The van der Waals surface area contributed by atoms with Gasteiger partial charge in [-0.15, -0.1) is 0 Å². The fraction of sp³-hybridized carbons (Fsp3) is 0.500. The first-order valence-electron chi connectivity index (χ1n) is 5.27. The van der Waals surface area contributed by atoms with Crippen LogP contribution in [0.3, 0.4) is 0 Å². The van der Waals surface area contributed by atoms with E-state index in [0.29, 0.717) is 6.54 Å². The number of unbranched alkanes of at least 4 members (excludes halogenated alkanes) is 2. The minimum atomic E-state index is -3.43. The molecule has 90 valence electrons. The van der Waals surface area contributed by atoms with Crippen LogP contribution in [0.25, 0.3) is 0 Å². The Morgan fingerprint density at radius 1 is 1.44 bits per heavy atom. The number of hydrogen-bond acceptors (Lipinski definition) is 4. The highest BCUT2D eigenvalue weighted by molar-refractivity contribution is 7.89. The quantitative estimate of drug-likeness (QED) is 0.733. The first kappa shape index (κ1) is 12.9. The SMILES string of the molecule is CCCCCNS(=O)(=O)c1ccnc(N)c1. The van der Waals surface area contributed by atoms with Crippen LogP contribution in [0.5, 0.6) is 0 Å². The number of nitrogens with one attached hydrogen (secondary N) is 1. The Morgan fingerprint density at radius 2 is 2.19 bits per heavy atom. The molecular weight excluding hydrogens is 226 g/mol. The summed E-state index contributed by atoms with van der Waals surface area (Å²) >= 11 is 0. The van der Waals surface area contributed by atoms with Crippen LogP contribution in [0.4, 0.5) is 5.82 Å². The smallest absolute Gasteiger partial charge is 0.240 e. The summed E-state index contributed by atoms with van der Waals surface area (Å²) in [4.78, 5) is 3.91. The third-order valence-corrected chi connectivity index (χ3v) is 3.59. The van der Waals surface area contributed by atoms with Gasteiger partial charge in [-0.25, -0.2) is 18.1 Å². The first-order valence-corrected chi connectivity index (χ1v) is 6.76. The summed E-state index contributed by atoms with van der Waals surface area (Å²) < 4.78 is 26.0. The number of rotatable bonds is 6. The lowest BCUT2D eigenvalue weighted by molar-refractivity contribution is 0.576. The molecule has 1 aromatic rings. The number of nitrogens with zero attached hydrogens (tertiary/aromatic N) is 1. The maximum atomic E-state index is 11.8. The zero-order chi connectivity index (χ0) is 12.0. The molecular formula is C10H17N3O2S. The summed E-state index contributed by atoms with van der Waals surface area (Å²) in [5, 5.41) is 0. The van der Waals surface area contributed by atoms with E-state index < -0.39 is 10.0 Å². The zero-order valence-electron chi connectivity index (χ0n) is 9.31. The summed E-state index contributed by atoms with van der Waals surface area (Å²) in [7, 11) is -3.43. The van der Waals surface area contributed by atoms with Crippen LogP contribution in [0.15, 0.2) is 23.2 Å². The van der Waals surface area contributed by atoms with Crippen LogP contribution in [0.1, 0.15) is 26.2 Å². The van der Waals surface area contributed by atoms with E-state index in [4.69, 9.17) is 5.73 Å². The van der Waals surface area contributed by atoms with Crippen LogP contribution >= 0.6 is 0 Å². The van der Waals surface area contributed by atoms with Crippen molar-refractivity contribution in [2.45, 2.75) is 31.1 Å². The Bertz CT molecular complexity index is 431. The van der Waals surface area contributed by atoms with Crippen LogP contribution in [-0.4, -0.2) is 19.9 Å². The number of nitrogens with two attached hydrogens (primary N) is 1. The van der Waals surface area contributed by atoms with Gasteiger partial charge >= 0.3 is 0 Å². The van der Waals surface area contributed by atoms with E-state index in [1.807, 2.05) is 0 Å². The largest absolute Gasteiger partial charge is 0.384 e. The molecule has 0 aliphatic rings. The number of aromatic nitrogens is 1. The van der Waals surface area contributed by atoms with Crippen molar-refractivity contribution in [3.8, 4) is 0 Å². The summed E-state index contributed by atoms with van der Waals surface area (Å²) in [5.41, 5.74) is 5.43. The van der Waals surface area contributed by atoms with Gasteiger partial charge in [-0.3, -0.25) is 0 Å². The number of nitrogen functional groups attached to an aromatic ring is 1. The second-order valence-electron chi connectivity index (χ2n) is 3.52. The van der Waals surface area contributed by atoms with Gasteiger partial charge in [0, 0.05) is 18.8 Å². The summed E-state index contributed by atoms with van der Waals surface area (Å²) in [5.74, 6) is 0.205. The monoisotopic (exact) mass is 243 g/mol. The number of anilines is 1. The molecule has 0 saturated carbocycles. The summed E-state index contributed by atoms with van der Waals surface area (Å²) in [6.07, 6.45) is 4.30. The molecule has 16 heavy (non-hydrogen) atoms. The van der Waals surface area contributed by atoms with E-state index >= 15 is 0 Å². The predicted molar refractivity (Wildman–Crippen MR) is 63.4 cm³/mol. The molecule has 5 nitrogen and oxygen atoms in total. The van der Waals surface area contributed by atoms with Crippen LogP contribution in [0.2, 0.25) is 0 Å². The van der Waals surface area contributed by atoms with Crippen LogP contribution < -0.4 is 10.5 Å². The van der Waals surface area contributed by atoms with E-state index in [2.05, 4.69) is 16.6 Å². The molecule has 0 saturated heterocycles. The van der Waals surface area contributed by atoms with Crippen molar-refractivity contribution in [2.24, 2.45) is 0 Å². The van der Waals surface area contributed by atoms with Gasteiger partial charge in [0.25, 0.3) is 0 Å². The lowest BCUT2D eigenvalue weighted by atomic mass is 10.3. The Labute approximate surface area is 96.1 Å². The van der Waals surface area contributed by atoms with Gasteiger partial charge in [0.2, 0.25) is 10.0 Å². The Hall–Kier alpha value is -1.14. The number of hydrogen-bond donors (Lipinski definition) is 2. The van der Waals surface area contributed by atoms with E-state index in [1.54, 1.807) is 0 Å². The lowest BCUT2D eigenvalue weighted by Crippen LogP contribution is -2.24. The predicted octanol–water partition coefficient (Wildman–Crippen LogP) is 1.13. The second-order valence-corrected chi connectivity index (χ2v) is 5.29. The highest BCUT2D eigenvalue weighted by atomic mass is 32.2. The Morgan fingerprint density at radius 3 is 2.81 bits per heavy atom. The maximum Gasteiger partial charge on any atom is 0.240 e. The topological polar surface area (TPSA) is 85.1 Å². The summed E-state index contributed by atoms with van der Waals surface area (Å²) in [6, 6.07) is 2.78. The molecule has 0 spiro atoms. The van der Waals surface area contributed by atoms with Gasteiger partial charge < -0.3 is 5.73 Å². The fourth-order valence-electron chi connectivity index (χ4n) is 1.26. The molecule has 6 heteroatoms. The fourth-order valence-corrected chi connectivity index (χ4v) is 2.36. The van der Waals surface area contributed by atoms with Gasteiger partial charge in [-0.2, -0.15) is 0 Å². The average Bonchev–Trinajstić information content (AvgIpc) is 2.24. The molecule has 0 aliphatic heterocycles. The molecule has 1 heterocycles. The molecule has 0 unspecified atom stereocenters. The highest BCUT2D eigenvalue weighted by Crippen LogP contribution is 2.10. The maximum absolute atomic E-state index is 11.8. The average molecular weight is 243 g/mol. The molecule has 0 amide bonds. The van der Waals surface area contributed by atoms with E-state index in [9.17, 15) is 8.42 Å². The van der Waals surface area contributed by atoms with E-state index in [-0.39, 0.29) is 10.7 Å². The molecule has 0 atom stereocenters. The molecule has 0 radical (unpaired) electrons. The van der Waals surface area contributed by atoms with Gasteiger partial charge in [0.1, 0.15) is 5.82 Å². The molecule has 0 aliphatic carbocycles. The third-order valence-electron chi connectivity index (χ3n) is 2.14. The Balaban J connectivity index is 2.64. The van der Waals surface area contributed by atoms with Crippen molar-refractivity contribution >= 4 is 15.8 Å². The van der Waals surface area contributed by atoms with Gasteiger partial charge in [0.05, 0.1) is 4.90 Å². The van der Waals surface area contributed by atoms with Gasteiger partial charge in [0.15, 0.2) is 0 Å². The van der Waals surface area contributed by atoms with E-state index in [0.717, 1.165) is 19.3 Å². The van der Waals surface area contributed by atoms with Gasteiger partial charge in [-0.05, 0) is 12.5 Å². The van der Waals surface area contributed by atoms with Crippen molar-refractivity contribution in [3.63, 3.8) is 0 Å². The van der Waals surface area contributed by atoms with Crippen molar-refractivity contribution in [1.82, 2.24) is 9.71 Å². The molecule has 3 N–H and O–H groups in total. The highest BCUT2D eigenvalue weighted by Gasteiger charge is 2.13. The molecule has 0 fully saturated rings. The normalized spacial score (nSPS) is 11.6. The zero-order valence-corrected chi connectivity index (χ0v) is 10.1. The molecule has 1 rings (SSSR count). The lowest BCUT2D eigenvalue weighted by Gasteiger charge is -2.06.